The van der Waals surface area contributed by atoms with Gasteiger partial charge >= 0.3 is 0 Å². The summed E-state index contributed by atoms with van der Waals surface area (Å²) in [6, 6.07) is 7.42. The van der Waals surface area contributed by atoms with E-state index in [1.54, 1.807) is 15.8 Å². The van der Waals surface area contributed by atoms with Crippen LogP contribution in [0.1, 0.15) is 48.5 Å². The van der Waals surface area contributed by atoms with Gasteiger partial charge in [0.05, 0.1) is 11.9 Å². The predicted molar refractivity (Wildman–Crippen MR) is 100 cm³/mol. The maximum absolute atomic E-state index is 12.3. The van der Waals surface area contributed by atoms with Gasteiger partial charge in [0.15, 0.2) is 0 Å². The number of nitrogens with zero attached hydrogens (tertiary/aromatic N) is 3. The van der Waals surface area contributed by atoms with E-state index in [0.29, 0.717) is 12.1 Å². The monoisotopic (exact) mass is 354 g/mol. The maximum atomic E-state index is 12.3. The molecule has 1 heterocycles. The van der Waals surface area contributed by atoms with Gasteiger partial charge in [0, 0.05) is 43.4 Å². The first-order valence-corrected chi connectivity index (χ1v) is 9.25. The molecule has 6 nitrogen and oxygen atoms in total. The summed E-state index contributed by atoms with van der Waals surface area (Å²) >= 11 is 0. The lowest BCUT2D eigenvalue weighted by atomic mass is 9.85. The predicted octanol–water partition coefficient (Wildman–Crippen LogP) is 2.77. The summed E-state index contributed by atoms with van der Waals surface area (Å²) in [5.74, 6) is 0.363. The minimum Gasteiger partial charge on any atom is -0.352 e. The molecule has 2 amide bonds. The number of benzene rings is 1. The molecule has 3 rings (SSSR count). The lowest BCUT2D eigenvalue weighted by molar-refractivity contribution is -0.127. The molecule has 0 saturated heterocycles. The van der Waals surface area contributed by atoms with E-state index in [-0.39, 0.29) is 17.7 Å². The van der Waals surface area contributed by atoms with Crippen molar-refractivity contribution in [2.45, 2.75) is 39.2 Å². The van der Waals surface area contributed by atoms with Crippen LogP contribution < -0.4 is 5.32 Å². The molecule has 2 aromatic rings. The first kappa shape index (κ1) is 18.2. The number of carbonyl (C=O) groups is 2. The Bertz CT molecular complexity index is 762. The summed E-state index contributed by atoms with van der Waals surface area (Å²) in [5, 5.41) is 7.32. The van der Waals surface area contributed by atoms with Crippen molar-refractivity contribution < 1.29 is 9.59 Å². The highest BCUT2D eigenvalue weighted by Gasteiger charge is 2.24. The first-order valence-electron chi connectivity index (χ1n) is 9.25. The highest BCUT2D eigenvalue weighted by atomic mass is 16.2. The van der Waals surface area contributed by atoms with E-state index in [2.05, 4.69) is 17.3 Å². The van der Waals surface area contributed by atoms with Gasteiger partial charge in [-0.15, -0.1) is 0 Å². The zero-order valence-corrected chi connectivity index (χ0v) is 15.4. The number of amides is 2. The second-order valence-electron chi connectivity index (χ2n) is 6.91. The second-order valence-corrected chi connectivity index (χ2v) is 6.91. The Morgan fingerprint density at radius 3 is 2.62 bits per heavy atom. The third-order valence-electron chi connectivity index (χ3n) is 4.86. The van der Waals surface area contributed by atoms with E-state index in [9.17, 15) is 9.59 Å². The average Bonchev–Trinajstić information content (AvgIpc) is 3.07. The van der Waals surface area contributed by atoms with Crippen molar-refractivity contribution in [3.05, 3.63) is 47.8 Å². The Kier molecular flexibility index (Phi) is 5.71. The fourth-order valence-corrected chi connectivity index (χ4v) is 3.01. The minimum absolute atomic E-state index is 0.0262. The third-order valence-corrected chi connectivity index (χ3v) is 4.86. The SMILES string of the molecule is CCCN(C)C(=O)c1ccc(-n2cc(CNC(=O)C3CCC3)cn2)cc1. The number of nitrogens with one attached hydrogen (secondary N) is 1. The first-order chi connectivity index (χ1) is 12.6. The van der Waals surface area contributed by atoms with Crippen LogP contribution in [0.3, 0.4) is 0 Å². The molecule has 0 radical (unpaired) electrons. The molecule has 1 aromatic heterocycles. The molecule has 1 aliphatic carbocycles. The van der Waals surface area contributed by atoms with E-state index >= 15 is 0 Å². The number of hydrogen-bond donors (Lipinski definition) is 1. The number of carbonyl (C=O) groups excluding carboxylic acids is 2. The van der Waals surface area contributed by atoms with Crippen LogP contribution in [0.2, 0.25) is 0 Å². The number of aromatic nitrogens is 2. The smallest absolute Gasteiger partial charge is 0.253 e. The van der Waals surface area contributed by atoms with Gasteiger partial charge in [-0.3, -0.25) is 9.59 Å². The normalized spacial score (nSPS) is 13.9. The fraction of sp³-hybridized carbons (Fsp3) is 0.450. The molecule has 0 aliphatic heterocycles. The van der Waals surface area contributed by atoms with Crippen LogP contribution in [0, 0.1) is 5.92 Å². The summed E-state index contributed by atoms with van der Waals surface area (Å²) in [6.45, 7) is 3.29. The molecule has 1 N–H and O–H groups in total. The van der Waals surface area contributed by atoms with Crippen LogP contribution in [0.15, 0.2) is 36.7 Å². The summed E-state index contributed by atoms with van der Waals surface area (Å²) in [7, 11) is 1.82. The Morgan fingerprint density at radius 1 is 1.27 bits per heavy atom. The van der Waals surface area contributed by atoms with Crippen LogP contribution in [0.25, 0.3) is 5.69 Å². The van der Waals surface area contributed by atoms with Crippen molar-refractivity contribution in [1.82, 2.24) is 20.0 Å². The van der Waals surface area contributed by atoms with Crippen molar-refractivity contribution in [2.75, 3.05) is 13.6 Å². The molecule has 1 fully saturated rings. The van der Waals surface area contributed by atoms with Crippen molar-refractivity contribution in [3.8, 4) is 5.69 Å². The topological polar surface area (TPSA) is 67.2 Å². The van der Waals surface area contributed by atoms with Gasteiger partial charge in [0.25, 0.3) is 5.91 Å². The standard InChI is InChI=1S/C20H26N4O2/c1-3-11-23(2)20(26)17-7-9-18(10-8-17)24-14-15(13-22-24)12-21-19(25)16-5-4-6-16/h7-10,13-14,16H,3-6,11-12H2,1-2H3,(H,21,25). The molecule has 0 bridgehead atoms. The molecule has 0 unspecified atom stereocenters. The Morgan fingerprint density at radius 2 is 2.00 bits per heavy atom. The molecule has 1 aromatic carbocycles. The summed E-state index contributed by atoms with van der Waals surface area (Å²) in [5.41, 5.74) is 2.52. The highest BCUT2D eigenvalue weighted by Crippen LogP contribution is 2.26. The van der Waals surface area contributed by atoms with E-state index in [1.807, 2.05) is 37.5 Å². The van der Waals surface area contributed by atoms with Gasteiger partial charge in [0.1, 0.15) is 0 Å². The van der Waals surface area contributed by atoms with E-state index in [0.717, 1.165) is 43.5 Å². The van der Waals surface area contributed by atoms with Gasteiger partial charge in [-0.05, 0) is 43.5 Å². The molecular weight excluding hydrogens is 328 g/mol. The third kappa shape index (κ3) is 4.12. The molecule has 1 saturated carbocycles. The minimum atomic E-state index is 0.0262. The van der Waals surface area contributed by atoms with Crippen LogP contribution >= 0.6 is 0 Å². The van der Waals surface area contributed by atoms with Gasteiger partial charge in [-0.1, -0.05) is 13.3 Å². The van der Waals surface area contributed by atoms with E-state index in [4.69, 9.17) is 0 Å². The second kappa shape index (κ2) is 8.17. The summed E-state index contributed by atoms with van der Waals surface area (Å²) in [4.78, 5) is 25.9. The molecule has 26 heavy (non-hydrogen) atoms. The van der Waals surface area contributed by atoms with Crippen LogP contribution in [-0.4, -0.2) is 40.1 Å². The van der Waals surface area contributed by atoms with Gasteiger partial charge < -0.3 is 10.2 Å². The molecule has 1 aliphatic rings. The highest BCUT2D eigenvalue weighted by molar-refractivity contribution is 5.94. The van der Waals surface area contributed by atoms with Gasteiger partial charge in [-0.25, -0.2) is 4.68 Å². The largest absolute Gasteiger partial charge is 0.352 e. The van der Waals surface area contributed by atoms with Crippen molar-refractivity contribution in [2.24, 2.45) is 5.92 Å². The maximum Gasteiger partial charge on any atom is 0.253 e. The van der Waals surface area contributed by atoms with Crippen LogP contribution in [0.5, 0.6) is 0 Å². The number of rotatable bonds is 7. The van der Waals surface area contributed by atoms with Gasteiger partial charge in [-0.2, -0.15) is 5.10 Å². The lowest BCUT2D eigenvalue weighted by Crippen LogP contribution is -2.33. The lowest BCUT2D eigenvalue weighted by Gasteiger charge is -2.23. The molecule has 6 heteroatoms. The average molecular weight is 354 g/mol. The van der Waals surface area contributed by atoms with Crippen LogP contribution in [-0.2, 0) is 11.3 Å². The van der Waals surface area contributed by atoms with Crippen molar-refractivity contribution in [1.29, 1.82) is 0 Å². The molecule has 138 valence electrons. The van der Waals surface area contributed by atoms with E-state index in [1.165, 1.54) is 0 Å². The molecule has 0 spiro atoms. The van der Waals surface area contributed by atoms with E-state index < -0.39 is 0 Å². The van der Waals surface area contributed by atoms with Crippen molar-refractivity contribution >= 4 is 11.8 Å². The zero-order chi connectivity index (χ0) is 18.5. The number of hydrogen-bond acceptors (Lipinski definition) is 3. The fourth-order valence-electron chi connectivity index (χ4n) is 3.01. The summed E-state index contributed by atoms with van der Waals surface area (Å²) in [6.07, 6.45) is 7.76. The van der Waals surface area contributed by atoms with Gasteiger partial charge in [0.2, 0.25) is 5.91 Å². The molecular formula is C20H26N4O2. The summed E-state index contributed by atoms with van der Waals surface area (Å²) < 4.78 is 1.76. The molecule has 0 atom stereocenters. The van der Waals surface area contributed by atoms with Crippen LogP contribution in [0.4, 0.5) is 0 Å². The quantitative estimate of drug-likeness (QED) is 0.831. The Balaban J connectivity index is 1.60. The Labute approximate surface area is 154 Å². The van der Waals surface area contributed by atoms with Crippen molar-refractivity contribution in [3.63, 3.8) is 0 Å². The zero-order valence-electron chi connectivity index (χ0n) is 15.4. The Hall–Kier alpha value is -2.63.